The van der Waals surface area contributed by atoms with Gasteiger partial charge in [0.2, 0.25) is 0 Å². The third-order valence-corrected chi connectivity index (χ3v) is 4.94. The van der Waals surface area contributed by atoms with Crippen LogP contribution in [0.1, 0.15) is 39.6 Å². The summed E-state index contributed by atoms with van der Waals surface area (Å²) in [6.07, 6.45) is 0. The number of carbonyl (C=O) groups excluding carboxylic acids is 1. The molecule has 0 radical (unpaired) electrons. The highest BCUT2D eigenvalue weighted by atomic mass is 35.5. The van der Waals surface area contributed by atoms with Crippen LogP contribution in [-0.4, -0.2) is 10.9 Å². The molecule has 1 unspecified atom stereocenters. The smallest absolute Gasteiger partial charge is 0.251 e. The number of thiazole rings is 1. The van der Waals surface area contributed by atoms with E-state index in [1.807, 2.05) is 55.6 Å². The van der Waals surface area contributed by atoms with Gasteiger partial charge in [0.15, 0.2) is 0 Å². The molecule has 0 aliphatic heterocycles. The number of rotatable bonds is 6. The fourth-order valence-corrected chi connectivity index (χ4v) is 3.20. The summed E-state index contributed by atoms with van der Waals surface area (Å²) in [7, 11) is 0. The molecular weight excluding hydrogens is 368 g/mol. The van der Waals surface area contributed by atoms with Crippen molar-refractivity contribution in [1.29, 1.82) is 0 Å². The first kappa shape index (κ1) is 18.4. The maximum atomic E-state index is 12.5. The molecule has 0 bridgehead atoms. The summed E-state index contributed by atoms with van der Waals surface area (Å²) in [5.74, 6) is 0.491. The monoisotopic (exact) mass is 386 g/mol. The number of aromatic nitrogens is 1. The third-order valence-electron chi connectivity index (χ3n) is 3.87. The number of hydrogen-bond donors (Lipinski definition) is 1. The van der Waals surface area contributed by atoms with E-state index in [-0.39, 0.29) is 11.9 Å². The van der Waals surface area contributed by atoms with Crippen molar-refractivity contribution in [2.75, 3.05) is 0 Å². The van der Waals surface area contributed by atoms with Crippen LogP contribution in [0.4, 0.5) is 0 Å². The van der Waals surface area contributed by atoms with Crippen molar-refractivity contribution in [1.82, 2.24) is 10.3 Å². The molecule has 6 heteroatoms. The molecule has 2 aromatic carbocycles. The summed E-state index contributed by atoms with van der Waals surface area (Å²) in [6, 6.07) is 14.5. The Hall–Kier alpha value is -2.37. The Bertz CT molecular complexity index is 893. The Morgan fingerprint density at radius 2 is 2.04 bits per heavy atom. The first-order valence-corrected chi connectivity index (χ1v) is 9.47. The van der Waals surface area contributed by atoms with E-state index in [2.05, 4.69) is 10.3 Å². The van der Waals surface area contributed by atoms with Gasteiger partial charge < -0.3 is 10.1 Å². The lowest BCUT2D eigenvalue weighted by atomic mass is 10.1. The van der Waals surface area contributed by atoms with Gasteiger partial charge in [-0.25, -0.2) is 4.98 Å². The van der Waals surface area contributed by atoms with Gasteiger partial charge >= 0.3 is 0 Å². The molecule has 0 fully saturated rings. The molecule has 134 valence electrons. The van der Waals surface area contributed by atoms with Crippen LogP contribution in [0.25, 0.3) is 0 Å². The molecule has 0 saturated carbocycles. The quantitative estimate of drug-likeness (QED) is 0.635. The highest BCUT2D eigenvalue weighted by Crippen LogP contribution is 2.19. The van der Waals surface area contributed by atoms with E-state index in [9.17, 15) is 4.79 Å². The number of halogens is 1. The van der Waals surface area contributed by atoms with Crippen molar-refractivity contribution >= 4 is 28.8 Å². The standard InChI is InChI=1S/C20H19ClN2O2S/c1-13(15-6-8-17(21)9-7-15)22-20(24)16-4-3-5-19(10-16)25-11-18-12-26-14(2)23-18/h3-10,12-13H,11H2,1-2H3,(H,22,24). The van der Waals surface area contributed by atoms with E-state index < -0.39 is 0 Å². The number of hydrogen-bond acceptors (Lipinski definition) is 4. The van der Waals surface area contributed by atoms with Gasteiger partial charge in [-0.05, 0) is 49.7 Å². The zero-order valence-electron chi connectivity index (χ0n) is 14.5. The van der Waals surface area contributed by atoms with Gasteiger partial charge in [-0.3, -0.25) is 4.79 Å². The molecule has 0 spiro atoms. The second-order valence-electron chi connectivity index (χ2n) is 5.92. The lowest BCUT2D eigenvalue weighted by Crippen LogP contribution is -2.26. The van der Waals surface area contributed by atoms with Gasteiger partial charge in [0, 0.05) is 16.0 Å². The largest absolute Gasteiger partial charge is 0.487 e. The maximum Gasteiger partial charge on any atom is 0.251 e. The number of nitrogens with one attached hydrogen (secondary N) is 1. The molecule has 1 atom stereocenters. The van der Waals surface area contributed by atoms with Gasteiger partial charge in [-0.1, -0.05) is 29.8 Å². The summed E-state index contributed by atoms with van der Waals surface area (Å²) < 4.78 is 5.75. The number of nitrogens with zero attached hydrogens (tertiary/aromatic N) is 1. The lowest BCUT2D eigenvalue weighted by molar-refractivity contribution is 0.0939. The molecule has 0 saturated heterocycles. The SMILES string of the molecule is Cc1nc(COc2cccc(C(=O)NC(C)c3ccc(Cl)cc3)c2)cs1. The lowest BCUT2D eigenvalue weighted by Gasteiger charge is -2.15. The fraction of sp³-hybridized carbons (Fsp3) is 0.200. The fourth-order valence-electron chi connectivity index (χ4n) is 2.47. The number of benzene rings is 2. The maximum absolute atomic E-state index is 12.5. The van der Waals surface area contributed by atoms with Crippen LogP contribution < -0.4 is 10.1 Å². The summed E-state index contributed by atoms with van der Waals surface area (Å²) in [6.45, 7) is 4.28. The molecule has 1 amide bonds. The van der Waals surface area contributed by atoms with Gasteiger partial charge in [0.05, 0.1) is 16.7 Å². The highest BCUT2D eigenvalue weighted by Gasteiger charge is 2.12. The van der Waals surface area contributed by atoms with Crippen LogP contribution >= 0.6 is 22.9 Å². The summed E-state index contributed by atoms with van der Waals surface area (Å²) in [5, 5.41) is 6.64. The third kappa shape index (κ3) is 4.84. The van der Waals surface area contributed by atoms with Crippen LogP contribution in [0.15, 0.2) is 53.9 Å². The first-order valence-electron chi connectivity index (χ1n) is 8.21. The minimum Gasteiger partial charge on any atom is -0.487 e. The van der Waals surface area contributed by atoms with Crippen molar-refractivity contribution < 1.29 is 9.53 Å². The number of amides is 1. The Kier molecular flexibility index (Phi) is 5.91. The normalized spacial score (nSPS) is 11.8. The van der Waals surface area contributed by atoms with Crippen molar-refractivity contribution in [2.45, 2.75) is 26.5 Å². The number of aryl methyl sites for hydroxylation is 1. The molecule has 0 aliphatic rings. The van der Waals surface area contributed by atoms with E-state index in [0.29, 0.717) is 22.9 Å². The summed E-state index contributed by atoms with van der Waals surface area (Å²) >= 11 is 7.50. The summed E-state index contributed by atoms with van der Waals surface area (Å²) in [4.78, 5) is 16.9. The van der Waals surface area contributed by atoms with Crippen LogP contribution in [0.5, 0.6) is 5.75 Å². The minimum atomic E-state index is -0.151. The van der Waals surface area contributed by atoms with Crippen molar-refractivity contribution in [2.24, 2.45) is 0 Å². The average molecular weight is 387 g/mol. The van der Waals surface area contributed by atoms with Gasteiger partial charge in [0.1, 0.15) is 12.4 Å². The van der Waals surface area contributed by atoms with E-state index in [1.54, 1.807) is 23.5 Å². The molecule has 1 N–H and O–H groups in total. The minimum absolute atomic E-state index is 0.123. The Morgan fingerprint density at radius 1 is 1.27 bits per heavy atom. The zero-order chi connectivity index (χ0) is 18.5. The van der Waals surface area contributed by atoms with Gasteiger partial charge in [-0.15, -0.1) is 11.3 Å². The van der Waals surface area contributed by atoms with Gasteiger partial charge in [0.25, 0.3) is 5.91 Å². The van der Waals surface area contributed by atoms with Gasteiger partial charge in [-0.2, -0.15) is 0 Å². The van der Waals surface area contributed by atoms with E-state index in [1.165, 1.54) is 0 Å². The van der Waals surface area contributed by atoms with Crippen LogP contribution in [0, 0.1) is 6.92 Å². The number of ether oxygens (including phenoxy) is 1. The summed E-state index contributed by atoms with van der Waals surface area (Å²) in [5.41, 5.74) is 2.44. The van der Waals surface area contributed by atoms with Crippen LogP contribution in [0.3, 0.4) is 0 Å². The second-order valence-corrected chi connectivity index (χ2v) is 7.42. The molecule has 4 nitrogen and oxygen atoms in total. The van der Waals surface area contributed by atoms with E-state index in [4.69, 9.17) is 16.3 Å². The molecule has 1 aromatic heterocycles. The molecule has 3 rings (SSSR count). The zero-order valence-corrected chi connectivity index (χ0v) is 16.1. The predicted molar refractivity (Wildman–Crippen MR) is 105 cm³/mol. The molecule has 26 heavy (non-hydrogen) atoms. The van der Waals surface area contributed by atoms with Crippen LogP contribution in [0.2, 0.25) is 5.02 Å². The molecule has 1 heterocycles. The highest BCUT2D eigenvalue weighted by molar-refractivity contribution is 7.09. The van der Waals surface area contributed by atoms with E-state index in [0.717, 1.165) is 16.3 Å². The van der Waals surface area contributed by atoms with Crippen LogP contribution in [-0.2, 0) is 6.61 Å². The average Bonchev–Trinajstić information content (AvgIpc) is 3.06. The topological polar surface area (TPSA) is 51.2 Å². The molecule has 0 aliphatic carbocycles. The Labute approximate surface area is 161 Å². The van der Waals surface area contributed by atoms with Crippen molar-refractivity contribution in [3.05, 3.63) is 80.8 Å². The Balaban J connectivity index is 1.63. The molecular formula is C20H19ClN2O2S. The van der Waals surface area contributed by atoms with Crippen molar-refractivity contribution in [3.8, 4) is 5.75 Å². The first-order chi connectivity index (χ1) is 12.5. The second kappa shape index (κ2) is 8.34. The van der Waals surface area contributed by atoms with Crippen molar-refractivity contribution in [3.63, 3.8) is 0 Å². The van der Waals surface area contributed by atoms with E-state index >= 15 is 0 Å². The molecule has 3 aromatic rings. The Morgan fingerprint density at radius 3 is 2.73 bits per heavy atom. The predicted octanol–water partition coefficient (Wildman–Crippen LogP) is 5.17. The number of carbonyl (C=O) groups is 1.